The van der Waals surface area contributed by atoms with Crippen LogP contribution in [0, 0.1) is 0 Å². The van der Waals surface area contributed by atoms with Gasteiger partial charge in [-0.25, -0.2) is 0 Å². The Bertz CT molecular complexity index is 481. The first kappa shape index (κ1) is 14.4. The van der Waals surface area contributed by atoms with E-state index in [1.54, 1.807) is 6.07 Å². The van der Waals surface area contributed by atoms with Gasteiger partial charge in [0.2, 0.25) is 0 Å². The molecule has 0 aromatic heterocycles. The molecule has 0 saturated heterocycles. The Kier molecular flexibility index (Phi) is 4.48. The van der Waals surface area contributed by atoms with Crippen LogP contribution in [-0.2, 0) is 11.2 Å². The molecule has 1 heterocycles. The standard InChI is InChI=1S/C10H10F3N3OS2/c11-10(12,13)19(17)8-3-1-2-7(6-8)15-16-9-14-4-5-18-9/h1-3,6,15H,4-5H2,(H,14,16). The molecule has 4 nitrogen and oxygen atoms in total. The summed E-state index contributed by atoms with van der Waals surface area (Å²) in [5, 5.41) is 0.683. The number of rotatable bonds is 3. The van der Waals surface area contributed by atoms with Crippen molar-refractivity contribution >= 4 is 33.8 Å². The number of hydrogen-bond donors (Lipinski definition) is 2. The molecule has 0 spiro atoms. The second-order valence-electron chi connectivity index (χ2n) is 3.53. The van der Waals surface area contributed by atoms with E-state index >= 15 is 0 Å². The summed E-state index contributed by atoms with van der Waals surface area (Å²) < 4.78 is 48.2. The summed E-state index contributed by atoms with van der Waals surface area (Å²) in [7, 11) is 0. The molecular formula is C10H10F3N3OS2. The number of nitrogens with zero attached hydrogens (tertiary/aromatic N) is 1. The fourth-order valence-electron chi connectivity index (χ4n) is 1.36. The molecule has 9 heteroatoms. The first-order chi connectivity index (χ1) is 8.97. The number of alkyl halides is 3. The highest BCUT2D eigenvalue weighted by Crippen LogP contribution is 2.31. The van der Waals surface area contributed by atoms with Crippen molar-refractivity contribution < 1.29 is 17.7 Å². The lowest BCUT2D eigenvalue weighted by Gasteiger charge is -2.14. The normalized spacial score (nSPS) is 16.9. The largest absolute Gasteiger partial charge is 0.604 e. The van der Waals surface area contributed by atoms with Crippen molar-refractivity contribution in [3.8, 4) is 0 Å². The van der Waals surface area contributed by atoms with Crippen molar-refractivity contribution in [2.75, 3.05) is 17.7 Å². The van der Waals surface area contributed by atoms with Crippen molar-refractivity contribution in [3.05, 3.63) is 24.3 Å². The van der Waals surface area contributed by atoms with E-state index in [1.807, 2.05) is 0 Å². The predicted octanol–water partition coefficient (Wildman–Crippen LogP) is 2.33. The fourth-order valence-corrected chi connectivity index (χ4v) is 2.74. The topological polar surface area (TPSA) is 59.5 Å². The highest BCUT2D eigenvalue weighted by molar-refractivity contribution is 8.14. The minimum Gasteiger partial charge on any atom is -0.604 e. The lowest BCUT2D eigenvalue weighted by molar-refractivity contribution is -0.0435. The molecule has 0 saturated carbocycles. The average molecular weight is 309 g/mol. The highest BCUT2D eigenvalue weighted by Gasteiger charge is 2.46. The van der Waals surface area contributed by atoms with E-state index in [9.17, 15) is 17.7 Å². The summed E-state index contributed by atoms with van der Waals surface area (Å²) in [5.41, 5.74) is 1.16. The van der Waals surface area contributed by atoms with Crippen LogP contribution in [-0.4, -0.2) is 27.5 Å². The highest BCUT2D eigenvalue weighted by atomic mass is 32.2. The van der Waals surface area contributed by atoms with Gasteiger partial charge >= 0.3 is 5.51 Å². The van der Waals surface area contributed by atoms with E-state index < -0.39 is 16.7 Å². The van der Waals surface area contributed by atoms with Crippen LogP contribution >= 0.6 is 11.8 Å². The number of nitrogens with one attached hydrogen (secondary N) is 2. The number of anilines is 1. The van der Waals surface area contributed by atoms with Gasteiger partial charge < -0.3 is 4.55 Å². The summed E-state index contributed by atoms with van der Waals surface area (Å²) in [6.45, 7) is 0.715. The van der Waals surface area contributed by atoms with E-state index in [0.29, 0.717) is 17.4 Å². The van der Waals surface area contributed by atoms with Crippen molar-refractivity contribution in [2.45, 2.75) is 10.4 Å². The quantitative estimate of drug-likeness (QED) is 0.664. The van der Waals surface area contributed by atoms with Gasteiger partial charge in [-0.3, -0.25) is 15.8 Å². The Labute approximate surface area is 115 Å². The lowest BCUT2D eigenvalue weighted by Crippen LogP contribution is -2.26. The van der Waals surface area contributed by atoms with Crippen LogP contribution in [0.15, 0.2) is 34.2 Å². The third-order valence-corrected chi connectivity index (χ3v) is 4.15. The number of benzene rings is 1. The van der Waals surface area contributed by atoms with Gasteiger partial charge in [-0.05, 0) is 12.1 Å². The SMILES string of the molecule is [O-][S+](c1cccc(NNC2=NCCS2)c1)C(F)(F)F. The summed E-state index contributed by atoms with van der Waals surface area (Å²) in [4.78, 5) is 3.82. The summed E-state index contributed by atoms with van der Waals surface area (Å²) in [6, 6.07) is 5.35. The molecule has 2 rings (SSSR count). The monoisotopic (exact) mass is 309 g/mol. The second kappa shape index (κ2) is 5.93. The van der Waals surface area contributed by atoms with Gasteiger partial charge in [-0.15, -0.1) is 13.2 Å². The maximum absolute atomic E-state index is 12.3. The van der Waals surface area contributed by atoms with Crippen LogP contribution < -0.4 is 10.9 Å². The predicted molar refractivity (Wildman–Crippen MR) is 70.4 cm³/mol. The van der Waals surface area contributed by atoms with Crippen molar-refractivity contribution in [1.29, 1.82) is 0 Å². The van der Waals surface area contributed by atoms with Crippen LogP contribution in [0.3, 0.4) is 0 Å². The number of hydrogen-bond acceptors (Lipinski definition) is 5. The van der Waals surface area contributed by atoms with E-state index in [4.69, 9.17) is 0 Å². The Balaban J connectivity index is 2.02. The van der Waals surface area contributed by atoms with Crippen molar-refractivity contribution in [1.82, 2.24) is 5.43 Å². The molecule has 104 valence electrons. The van der Waals surface area contributed by atoms with E-state index in [-0.39, 0.29) is 4.90 Å². The third-order valence-electron chi connectivity index (χ3n) is 2.16. The average Bonchev–Trinajstić information content (AvgIpc) is 2.88. The van der Waals surface area contributed by atoms with Gasteiger partial charge in [0.25, 0.3) is 0 Å². The summed E-state index contributed by atoms with van der Waals surface area (Å²) >= 11 is -1.51. The van der Waals surface area contributed by atoms with Crippen LogP contribution in [0.25, 0.3) is 0 Å². The van der Waals surface area contributed by atoms with Crippen LogP contribution in [0.5, 0.6) is 0 Å². The van der Waals surface area contributed by atoms with Crippen molar-refractivity contribution in [3.63, 3.8) is 0 Å². The van der Waals surface area contributed by atoms with Crippen LogP contribution in [0.4, 0.5) is 18.9 Å². The molecule has 0 amide bonds. The molecule has 0 fully saturated rings. The molecular weight excluding hydrogens is 299 g/mol. The molecule has 1 unspecified atom stereocenters. The fraction of sp³-hybridized carbons (Fsp3) is 0.300. The Morgan fingerprint density at radius 1 is 1.32 bits per heavy atom. The minimum atomic E-state index is -4.75. The van der Waals surface area contributed by atoms with E-state index in [0.717, 1.165) is 5.75 Å². The summed E-state index contributed by atoms with van der Waals surface area (Å²) in [5.74, 6) is 0.877. The number of hydrazine groups is 1. The maximum Gasteiger partial charge on any atom is 0.578 e. The zero-order chi connectivity index (χ0) is 13.9. The first-order valence-electron chi connectivity index (χ1n) is 5.25. The molecule has 19 heavy (non-hydrogen) atoms. The first-order valence-corrected chi connectivity index (χ1v) is 7.38. The van der Waals surface area contributed by atoms with Crippen molar-refractivity contribution in [2.24, 2.45) is 4.99 Å². The Morgan fingerprint density at radius 2 is 2.11 bits per heavy atom. The molecule has 1 aromatic carbocycles. The van der Waals surface area contributed by atoms with E-state index in [1.165, 1.54) is 30.0 Å². The number of aliphatic imine (C=N–C) groups is 1. The smallest absolute Gasteiger partial charge is 0.578 e. The molecule has 1 atom stereocenters. The molecule has 1 aromatic rings. The van der Waals surface area contributed by atoms with E-state index in [2.05, 4.69) is 15.8 Å². The molecule has 0 bridgehead atoms. The van der Waals surface area contributed by atoms with Gasteiger partial charge in [0.05, 0.1) is 23.4 Å². The molecule has 1 aliphatic heterocycles. The minimum absolute atomic E-state index is 0.291. The summed E-state index contributed by atoms with van der Waals surface area (Å²) in [6.07, 6.45) is 0. The van der Waals surface area contributed by atoms with Gasteiger partial charge in [0.15, 0.2) is 10.1 Å². The van der Waals surface area contributed by atoms with Gasteiger partial charge in [0, 0.05) is 11.8 Å². The Morgan fingerprint density at radius 3 is 2.74 bits per heavy atom. The number of amidine groups is 1. The lowest BCUT2D eigenvalue weighted by atomic mass is 10.3. The maximum atomic E-state index is 12.3. The number of thioether (sulfide) groups is 1. The molecule has 2 N–H and O–H groups in total. The zero-order valence-corrected chi connectivity index (χ0v) is 11.2. The second-order valence-corrected chi connectivity index (χ2v) is 6.08. The van der Waals surface area contributed by atoms with Crippen LogP contribution in [0.2, 0.25) is 0 Å². The van der Waals surface area contributed by atoms with Gasteiger partial charge in [-0.1, -0.05) is 17.8 Å². The molecule has 0 aliphatic carbocycles. The third kappa shape index (κ3) is 3.95. The van der Waals surface area contributed by atoms with Gasteiger partial charge in [0.1, 0.15) is 0 Å². The number of halogens is 3. The Hall–Kier alpha value is -1.06. The van der Waals surface area contributed by atoms with Crippen LogP contribution in [0.1, 0.15) is 0 Å². The molecule has 1 aliphatic rings. The van der Waals surface area contributed by atoms with Gasteiger partial charge in [-0.2, -0.15) is 0 Å². The molecule has 0 radical (unpaired) electrons. The zero-order valence-electron chi connectivity index (χ0n) is 9.53.